The van der Waals surface area contributed by atoms with Gasteiger partial charge in [-0.25, -0.2) is 0 Å². The Morgan fingerprint density at radius 3 is 2.73 bits per heavy atom. The van der Waals surface area contributed by atoms with Crippen LogP contribution in [-0.4, -0.2) is 21.8 Å². The number of rotatable bonds is 4. The topological polar surface area (TPSA) is 46.3 Å². The standard InChI is InChI=1S/C18H18N2O2/c1-13(2)20(12-14-6-5-9-19-11-14)18(21)17-10-15-7-3-4-8-16(15)22-17/h3-11,13H,12H2,1-2H3. The minimum Gasteiger partial charge on any atom is -0.451 e. The van der Waals surface area contributed by atoms with Crippen LogP contribution in [-0.2, 0) is 6.54 Å². The second-order valence-electron chi connectivity index (χ2n) is 5.54. The minimum atomic E-state index is -0.102. The van der Waals surface area contributed by atoms with Crippen molar-refractivity contribution in [3.05, 3.63) is 66.2 Å². The first kappa shape index (κ1) is 14.3. The minimum absolute atomic E-state index is 0.0703. The van der Waals surface area contributed by atoms with Crippen LogP contribution in [0, 0.1) is 0 Å². The fraction of sp³-hybridized carbons (Fsp3) is 0.222. The second kappa shape index (κ2) is 6.02. The first-order valence-electron chi connectivity index (χ1n) is 7.33. The van der Waals surface area contributed by atoms with Gasteiger partial charge in [0.15, 0.2) is 5.76 Å². The zero-order chi connectivity index (χ0) is 15.5. The van der Waals surface area contributed by atoms with E-state index in [9.17, 15) is 4.79 Å². The summed E-state index contributed by atoms with van der Waals surface area (Å²) in [7, 11) is 0. The van der Waals surface area contributed by atoms with Gasteiger partial charge in [0.1, 0.15) is 5.58 Å². The predicted octanol–water partition coefficient (Wildman–Crippen LogP) is 3.88. The Hall–Kier alpha value is -2.62. The molecular weight excluding hydrogens is 276 g/mol. The highest BCUT2D eigenvalue weighted by Gasteiger charge is 2.22. The van der Waals surface area contributed by atoms with Crippen LogP contribution in [0.2, 0.25) is 0 Å². The molecule has 4 nitrogen and oxygen atoms in total. The third kappa shape index (κ3) is 2.86. The van der Waals surface area contributed by atoms with Crippen molar-refractivity contribution >= 4 is 16.9 Å². The summed E-state index contributed by atoms with van der Waals surface area (Å²) in [5.41, 5.74) is 1.73. The maximum Gasteiger partial charge on any atom is 0.290 e. The van der Waals surface area contributed by atoms with Crippen molar-refractivity contribution in [3.63, 3.8) is 0 Å². The maximum atomic E-state index is 12.8. The van der Waals surface area contributed by atoms with Crippen molar-refractivity contribution in [3.8, 4) is 0 Å². The predicted molar refractivity (Wildman–Crippen MR) is 85.5 cm³/mol. The van der Waals surface area contributed by atoms with Crippen LogP contribution in [0.25, 0.3) is 11.0 Å². The Labute approximate surface area is 129 Å². The highest BCUT2D eigenvalue weighted by Crippen LogP contribution is 2.21. The van der Waals surface area contributed by atoms with Gasteiger partial charge in [0.05, 0.1) is 0 Å². The summed E-state index contributed by atoms with van der Waals surface area (Å²) in [5.74, 6) is 0.272. The zero-order valence-electron chi connectivity index (χ0n) is 12.7. The van der Waals surface area contributed by atoms with Gasteiger partial charge in [0, 0.05) is 30.4 Å². The van der Waals surface area contributed by atoms with Gasteiger partial charge in [-0.2, -0.15) is 0 Å². The molecule has 0 saturated heterocycles. The summed E-state index contributed by atoms with van der Waals surface area (Å²) in [6, 6.07) is 13.4. The molecule has 3 rings (SSSR count). The number of hydrogen-bond donors (Lipinski definition) is 0. The van der Waals surface area contributed by atoms with Crippen LogP contribution in [0.5, 0.6) is 0 Å². The molecule has 0 N–H and O–H groups in total. The number of furan rings is 1. The SMILES string of the molecule is CC(C)N(Cc1cccnc1)C(=O)c1cc2ccccc2o1. The molecule has 0 fully saturated rings. The van der Waals surface area contributed by atoms with E-state index >= 15 is 0 Å². The van der Waals surface area contributed by atoms with E-state index < -0.39 is 0 Å². The molecule has 0 aliphatic heterocycles. The summed E-state index contributed by atoms with van der Waals surface area (Å²) in [5, 5.41) is 0.941. The Morgan fingerprint density at radius 1 is 1.23 bits per heavy atom. The monoisotopic (exact) mass is 294 g/mol. The Morgan fingerprint density at radius 2 is 2.05 bits per heavy atom. The summed E-state index contributed by atoms with van der Waals surface area (Å²) in [4.78, 5) is 18.7. The molecule has 0 spiro atoms. The van der Waals surface area contributed by atoms with E-state index in [1.807, 2.05) is 50.2 Å². The van der Waals surface area contributed by atoms with E-state index in [4.69, 9.17) is 4.42 Å². The lowest BCUT2D eigenvalue weighted by Crippen LogP contribution is -2.36. The smallest absolute Gasteiger partial charge is 0.290 e. The normalized spacial score (nSPS) is 11.0. The number of pyridine rings is 1. The molecule has 3 aromatic rings. The quantitative estimate of drug-likeness (QED) is 0.733. The number of carbonyl (C=O) groups excluding carboxylic acids is 1. The van der Waals surface area contributed by atoms with Gasteiger partial charge in [0.25, 0.3) is 5.91 Å². The Bertz CT molecular complexity index is 745. The first-order valence-corrected chi connectivity index (χ1v) is 7.33. The van der Waals surface area contributed by atoms with Gasteiger partial charge in [-0.3, -0.25) is 9.78 Å². The van der Waals surface area contributed by atoms with Gasteiger partial charge < -0.3 is 9.32 Å². The largest absolute Gasteiger partial charge is 0.451 e. The summed E-state index contributed by atoms with van der Waals surface area (Å²) in [6.07, 6.45) is 3.51. The number of nitrogens with zero attached hydrogens (tertiary/aromatic N) is 2. The van der Waals surface area contributed by atoms with Crippen molar-refractivity contribution in [2.75, 3.05) is 0 Å². The zero-order valence-corrected chi connectivity index (χ0v) is 12.7. The van der Waals surface area contributed by atoms with Gasteiger partial charge in [-0.05, 0) is 37.6 Å². The Balaban J connectivity index is 1.89. The molecule has 22 heavy (non-hydrogen) atoms. The third-order valence-electron chi connectivity index (χ3n) is 3.60. The lowest BCUT2D eigenvalue weighted by molar-refractivity contribution is 0.0660. The molecule has 1 amide bonds. The van der Waals surface area contributed by atoms with E-state index in [0.29, 0.717) is 12.3 Å². The van der Waals surface area contributed by atoms with Gasteiger partial charge >= 0.3 is 0 Å². The summed E-state index contributed by atoms with van der Waals surface area (Å²) >= 11 is 0. The Kier molecular flexibility index (Phi) is 3.92. The number of hydrogen-bond acceptors (Lipinski definition) is 3. The van der Waals surface area contributed by atoms with E-state index in [0.717, 1.165) is 16.5 Å². The number of carbonyl (C=O) groups is 1. The van der Waals surface area contributed by atoms with Crippen LogP contribution >= 0.6 is 0 Å². The molecule has 2 heterocycles. The lowest BCUT2D eigenvalue weighted by atomic mass is 10.2. The van der Waals surface area contributed by atoms with Gasteiger partial charge in [-0.1, -0.05) is 24.3 Å². The van der Waals surface area contributed by atoms with E-state index in [2.05, 4.69) is 4.98 Å². The maximum absolute atomic E-state index is 12.8. The van der Waals surface area contributed by atoms with Crippen molar-refractivity contribution < 1.29 is 9.21 Å². The van der Waals surface area contributed by atoms with Crippen molar-refractivity contribution in [2.24, 2.45) is 0 Å². The molecule has 2 aromatic heterocycles. The van der Waals surface area contributed by atoms with Gasteiger partial charge in [-0.15, -0.1) is 0 Å². The molecule has 0 saturated carbocycles. The lowest BCUT2D eigenvalue weighted by Gasteiger charge is -2.25. The number of aromatic nitrogens is 1. The van der Waals surface area contributed by atoms with E-state index in [1.54, 1.807) is 23.4 Å². The molecule has 112 valence electrons. The van der Waals surface area contributed by atoms with Crippen LogP contribution in [0.4, 0.5) is 0 Å². The fourth-order valence-electron chi connectivity index (χ4n) is 2.41. The first-order chi connectivity index (χ1) is 10.6. The van der Waals surface area contributed by atoms with E-state index in [-0.39, 0.29) is 11.9 Å². The molecular formula is C18H18N2O2. The van der Waals surface area contributed by atoms with Gasteiger partial charge in [0.2, 0.25) is 0 Å². The molecule has 1 aromatic carbocycles. The molecule has 0 atom stereocenters. The average Bonchev–Trinajstić information content (AvgIpc) is 2.97. The second-order valence-corrected chi connectivity index (χ2v) is 5.54. The molecule has 0 bridgehead atoms. The van der Waals surface area contributed by atoms with Crippen molar-refractivity contribution in [1.29, 1.82) is 0 Å². The third-order valence-corrected chi connectivity index (χ3v) is 3.60. The molecule has 0 aliphatic rings. The number of para-hydroxylation sites is 1. The highest BCUT2D eigenvalue weighted by molar-refractivity contribution is 5.96. The molecule has 0 unspecified atom stereocenters. The van der Waals surface area contributed by atoms with Crippen molar-refractivity contribution in [2.45, 2.75) is 26.4 Å². The highest BCUT2D eigenvalue weighted by atomic mass is 16.3. The summed E-state index contributed by atoms with van der Waals surface area (Å²) in [6.45, 7) is 4.51. The van der Waals surface area contributed by atoms with Crippen LogP contribution in [0.15, 0.2) is 59.3 Å². The molecule has 0 aliphatic carbocycles. The molecule has 4 heteroatoms. The number of fused-ring (bicyclic) bond motifs is 1. The average molecular weight is 294 g/mol. The number of amides is 1. The molecule has 0 radical (unpaired) electrons. The number of benzene rings is 1. The van der Waals surface area contributed by atoms with Crippen LogP contribution < -0.4 is 0 Å². The van der Waals surface area contributed by atoms with Crippen molar-refractivity contribution in [1.82, 2.24) is 9.88 Å². The summed E-state index contributed by atoms with van der Waals surface area (Å²) < 4.78 is 5.69. The fourth-order valence-corrected chi connectivity index (χ4v) is 2.41. The van der Waals surface area contributed by atoms with E-state index in [1.165, 1.54) is 0 Å². The van der Waals surface area contributed by atoms with Crippen LogP contribution in [0.1, 0.15) is 30.0 Å². The van der Waals surface area contributed by atoms with Crippen LogP contribution in [0.3, 0.4) is 0 Å².